The quantitative estimate of drug-likeness (QED) is 0.652. The molecular formula is C17H18O2. The van der Waals surface area contributed by atoms with Crippen molar-refractivity contribution in [3.8, 4) is 0 Å². The van der Waals surface area contributed by atoms with Crippen LogP contribution in [0.4, 0.5) is 0 Å². The van der Waals surface area contributed by atoms with Crippen LogP contribution < -0.4 is 0 Å². The zero-order chi connectivity index (χ0) is 13.8. The van der Waals surface area contributed by atoms with E-state index in [1.54, 1.807) is 6.92 Å². The highest BCUT2D eigenvalue weighted by molar-refractivity contribution is 6.11. The number of unbranched alkanes of at least 4 members (excludes halogenated alkanes) is 1. The zero-order valence-corrected chi connectivity index (χ0v) is 11.3. The summed E-state index contributed by atoms with van der Waals surface area (Å²) in [6, 6.07) is 9.77. The first kappa shape index (κ1) is 13.4. The fourth-order valence-electron chi connectivity index (χ4n) is 2.33. The van der Waals surface area contributed by atoms with E-state index in [1.165, 1.54) is 0 Å². The molecule has 2 heteroatoms. The van der Waals surface area contributed by atoms with E-state index in [4.69, 9.17) is 0 Å². The van der Waals surface area contributed by atoms with Gasteiger partial charge in [-0.15, -0.1) is 5.73 Å². The fraction of sp³-hybridized carbons (Fsp3) is 0.294. The molecule has 0 aromatic heterocycles. The molecule has 1 atom stereocenters. The van der Waals surface area contributed by atoms with E-state index in [1.807, 2.05) is 36.4 Å². The highest BCUT2D eigenvalue weighted by Gasteiger charge is 2.35. The Labute approximate surface area is 113 Å². The van der Waals surface area contributed by atoms with E-state index in [0.29, 0.717) is 11.1 Å². The van der Waals surface area contributed by atoms with Gasteiger partial charge in [0.1, 0.15) is 0 Å². The molecule has 1 N–H and O–H groups in total. The number of allylic oxidation sites excluding steroid dienone is 2. The van der Waals surface area contributed by atoms with E-state index in [-0.39, 0.29) is 17.5 Å². The monoisotopic (exact) mass is 254 g/mol. The normalized spacial score (nSPS) is 18.7. The Morgan fingerprint density at radius 1 is 1.32 bits per heavy atom. The lowest BCUT2D eigenvalue weighted by molar-refractivity contribution is -0.114. The predicted octanol–water partition coefficient (Wildman–Crippen LogP) is 4.07. The van der Waals surface area contributed by atoms with Gasteiger partial charge < -0.3 is 5.11 Å². The number of hydrogen-bond acceptors (Lipinski definition) is 2. The highest BCUT2D eigenvalue weighted by atomic mass is 16.3. The Hall–Kier alpha value is -2.05. The van der Waals surface area contributed by atoms with Gasteiger partial charge in [-0.25, -0.2) is 0 Å². The Morgan fingerprint density at radius 2 is 2.00 bits per heavy atom. The van der Waals surface area contributed by atoms with Crippen molar-refractivity contribution >= 4 is 5.78 Å². The van der Waals surface area contributed by atoms with Crippen molar-refractivity contribution in [3.63, 3.8) is 0 Å². The molecule has 0 heterocycles. The van der Waals surface area contributed by atoms with Crippen LogP contribution >= 0.6 is 0 Å². The van der Waals surface area contributed by atoms with Crippen LogP contribution in [0.1, 0.15) is 38.2 Å². The zero-order valence-electron chi connectivity index (χ0n) is 11.3. The first-order valence-corrected chi connectivity index (χ1v) is 6.61. The maximum atomic E-state index is 12.1. The first-order chi connectivity index (χ1) is 9.16. The Morgan fingerprint density at radius 3 is 2.63 bits per heavy atom. The minimum Gasteiger partial charge on any atom is -0.504 e. The smallest absolute Gasteiger partial charge is 0.231 e. The van der Waals surface area contributed by atoms with Gasteiger partial charge in [0.25, 0.3) is 0 Å². The summed E-state index contributed by atoms with van der Waals surface area (Å²) in [5.41, 5.74) is 5.36. The number of ketones is 1. The molecule has 0 radical (unpaired) electrons. The molecule has 1 aliphatic rings. The molecule has 1 aromatic carbocycles. The minimum atomic E-state index is -0.293. The lowest BCUT2D eigenvalue weighted by atomic mass is 9.90. The van der Waals surface area contributed by atoms with Crippen molar-refractivity contribution in [3.05, 3.63) is 64.6 Å². The molecule has 0 saturated heterocycles. The largest absolute Gasteiger partial charge is 0.504 e. The van der Waals surface area contributed by atoms with E-state index >= 15 is 0 Å². The number of carbonyl (C=O) groups is 1. The average Bonchev–Trinajstić information content (AvgIpc) is 2.65. The Balaban J connectivity index is 2.49. The van der Waals surface area contributed by atoms with Crippen LogP contribution in [0.5, 0.6) is 0 Å². The maximum absolute atomic E-state index is 12.1. The van der Waals surface area contributed by atoms with Crippen LogP contribution in [0, 0.1) is 0 Å². The van der Waals surface area contributed by atoms with Crippen molar-refractivity contribution in [2.75, 3.05) is 0 Å². The van der Waals surface area contributed by atoms with Gasteiger partial charge in [0.05, 0.1) is 5.57 Å². The summed E-state index contributed by atoms with van der Waals surface area (Å²) < 4.78 is 0. The summed E-state index contributed by atoms with van der Waals surface area (Å²) in [5.74, 6) is -0.582. The number of carbonyl (C=O) groups excluding carboxylic acids is 1. The van der Waals surface area contributed by atoms with Crippen molar-refractivity contribution in [2.45, 2.75) is 32.6 Å². The van der Waals surface area contributed by atoms with Gasteiger partial charge in [0.15, 0.2) is 5.76 Å². The third kappa shape index (κ3) is 2.54. The van der Waals surface area contributed by atoms with E-state index in [2.05, 4.69) is 12.7 Å². The number of aliphatic hydroxyl groups excluding tert-OH is 1. The van der Waals surface area contributed by atoms with Crippen molar-refractivity contribution in [1.82, 2.24) is 0 Å². The highest BCUT2D eigenvalue weighted by Crippen LogP contribution is 2.39. The van der Waals surface area contributed by atoms with Gasteiger partial charge in [0.2, 0.25) is 5.78 Å². The van der Waals surface area contributed by atoms with Crippen LogP contribution in [-0.4, -0.2) is 10.9 Å². The molecule has 0 aliphatic heterocycles. The van der Waals surface area contributed by atoms with Crippen LogP contribution in [-0.2, 0) is 4.79 Å². The van der Waals surface area contributed by atoms with Crippen molar-refractivity contribution < 1.29 is 9.90 Å². The van der Waals surface area contributed by atoms with Gasteiger partial charge in [-0.3, -0.25) is 4.79 Å². The Kier molecular flexibility index (Phi) is 4.03. The van der Waals surface area contributed by atoms with Gasteiger partial charge in [-0.05, 0) is 30.6 Å². The Bertz CT molecular complexity index is 573. The van der Waals surface area contributed by atoms with E-state index in [0.717, 1.165) is 18.4 Å². The number of aliphatic hydroxyl groups is 1. The molecule has 2 rings (SSSR count). The standard InChI is InChI=1S/C17H18O2/c1-3-4-6-11-14-15(12(2)16(18)17(14)19)13-9-7-5-8-10-13/h5-10,15,18H,3-4H2,1-2H3. The molecule has 1 unspecified atom stereocenters. The molecule has 0 saturated carbocycles. The van der Waals surface area contributed by atoms with Gasteiger partial charge >= 0.3 is 0 Å². The van der Waals surface area contributed by atoms with Crippen LogP contribution in [0.15, 0.2) is 59.0 Å². The third-order valence-corrected chi connectivity index (χ3v) is 3.38. The lowest BCUT2D eigenvalue weighted by Gasteiger charge is -2.11. The summed E-state index contributed by atoms with van der Waals surface area (Å²) in [5, 5.41) is 9.88. The molecule has 0 bridgehead atoms. The number of Topliss-reactive ketones (excluding diaryl/α,β-unsaturated/α-hetero) is 1. The second-order valence-electron chi connectivity index (χ2n) is 4.76. The molecular weight excluding hydrogens is 236 g/mol. The second-order valence-corrected chi connectivity index (χ2v) is 4.76. The summed E-state index contributed by atoms with van der Waals surface area (Å²) in [6.07, 6.45) is 3.79. The summed E-state index contributed by atoms with van der Waals surface area (Å²) in [7, 11) is 0. The van der Waals surface area contributed by atoms with Gasteiger partial charge in [0, 0.05) is 5.92 Å². The second kappa shape index (κ2) is 5.73. The van der Waals surface area contributed by atoms with Crippen LogP contribution in [0.2, 0.25) is 0 Å². The maximum Gasteiger partial charge on any atom is 0.231 e. The van der Waals surface area contributed by atoms with E-state index in [9.17, 15) is 9.90 Å². The summed E-state index contributed by atoms with van der Waals surface area (Å²) >= 11 is 0. The number of benzene rings is 1. The number of rotatable bonds is 3. The predicted molar refractivity (Wildman–Crippen MR) is 76.0 cm³/mol. The molecule has 19 heavy (non-hydrogen) atoms. The van der Waals surface area contributed by atoms with Crippen molar-refractivity contribution in [2.24, 2.45) is 0 Å². The fourth-order valence-corrected chi connectivity index (χ4v) is 2.33. The summed E-state index contributed by atoms with van der Waals surface area (Å²) in [4.78, 5) is 12.1. The molecule has 1 aliphatic carbocycles. The third-order valence-electron chi connectivity index (χ3n) is 3.38. The topological polar surface area (TPSA) is 37.3 Å². The van der Waals surface area contributed by atoms with Gasteiger partial charge in [-0.1, -0.05) is 43.7 Å². The minimum absolute atomic E-state index is 0.124. The molecule has 0 amide bonds. The van der Waals surface area contributed by atoms with Crippen molar-refractivity contribution in [1.29, 1.82) is 0 Å². The first-order valence-electron chi connectivity index (χ1n) is 6.61. The van der Waals surface area contributed by atoms with Crippen LogP contribution in [0.25, 0.3) is 0 Å². The molecule has 1 aromatic rings. The van der Waals surface area contributed by atoms with Crippen LogP contribution in [0.3, 0.4) is 0 Å². The summed E-state index contributed by atoms with van der Waals surface area (Å²) in [6.45, 7) is 3.88. The molecule has 98 valence electrons. The number of hydrogen-bond donors (Lipinski definition) is 1. The SMILES string of the molecule is CCCC=C=C1C(=O)C(O)=C(C)C1c1ccccc1. The molecule has 0 spiro atoms. The van der Waals surface area contributed by atoms with E-state index < -0.39 is 0 Å². The average molecular weight is 254 g/mol. The lowest BCUT2D eigenvalue weighted by Crippen LogP contribution is -2.03. The van der Waals surface area contributed by atoms with Gasteiger partial charge in [-0.2, -0.15) is 0 Å². The molecule has 2 nitrogen and oxygen atoms in total. The molecule has 0 fully saturated rings.